The smallest absolute Gasteiger partial charge is 0.253 e. The van der Waals surface area contributed by atoms with Gasteiger partial charge in [-0.05, 0) is 50.6 Å². The Morgan fingerprint density at radius 2 is 1.79 bits per heavy atom. The quantitative estimate of drug-likeness (QED) is 0.609. The number of carbonyl (C=O) groups is 2. The van der Waals surface area contributed by atoms with Gasteiger partial charge in [-0.15, -0.1) is 0 Å². The number of hydrogen-bond acceptors (Lipinski definition) is 4. The summed E-state index contributed by atoms with van der Waals surface area (Å²) in [4.78, 5) is 29.4. The van der Waals surface area contributed by atoms with Gasteiger partial charge in [-0.25, -0.2) is 4.98 Å². The number of aryl methyl sites for hydroxylation is 1. The third-order valence-electron chi connectivity index (χ3n) is 4.12. The number of pyridine rings is 1. The third-order valence-corrected chi connectivity index (χ3v) is 5.03. The van der Waals surface area contributed by atoms with Gasteiger partial charge in [0.25, 0.3) is 5.91 Å². The molecule has 5 nitrogen and oxygen atoms in total. The molecule has 2 aromatic carbocycles. The lowest BCUT2D eigenvalue weighted by atomic mass is 10.1. The van der Waals surface area contributed by atoms with Crippen LogP contribution in [0.3, 0.4) is 0 Å². The van der Waals surface area contributed by atoms with Crippen molar-refractivity contribution in [3.05, 3.63) is 65.7 Å². The fourth-order valence-corrected chi connectivity index (χ4v) is 3.62. The third kappa shape index (κ3) is 4.89. The van der Waals surface area contributed by atoms with Crippen LogP contribution in [0.2, 0.25) is 0 Å². The second kappa shape index (κ2) is 8.89. The van der Waals surface area contributed by atoms with E-state index in [1.165, 1.54) is 11.8 Å². The molecule has 1 heterocycles. The van der Waals surface area contributed by atoms with Crippen LogP contribution in [0.25, 0.3) is 10.9 Å². The van der Waals surface area contributed by atoms with Crippen molar-refractivity contribution < 1.29 is 9.59 Å². The summed E-state index contributed by atoms with van der Waals surface area (Å²) in [7, 11) is 0. The highest BCUT2D eigenvalue weighted by atomic mass is 32.2. The highest BCUT2D eigenvalue weighted by Crippen LogP contribution is 2.24. The molecule has 3 aromatic rings. The number of benzene rings is 2. The Balaban J connectivity index is 1.68. The van der Waals surface area contributed by atoms with E-state index in [1.54, 1.807) is 24.3 Å². The lowest BCUT2D eigenvalue weighted by Crippen LogP contribution is -2.31. The molecule has 0 spiro atoms. The molecule has 0 unspecified atom stereocenters. The van der Waals surface area contributed by atoms with Gasteiger partial charge in [0, 0.05) is 11.4 Å². The summed E-state index contributed by atoms with van der Waals surface area (Å²) in [6.45, 7) is 5.83. The molecule has 0 fully saturated rings. The Bertz CT molecular complexity index is 1020. The lowest BCUT2D eigenvalue weighted by Gasteiger charge is -2.13. The summed E-state index contributed by atoms with van der Waals surface area (Å²) in [6, 6.07) is 17.0. The highest BCUT2D eigenvalue weighted by molar-refractivity contribution is 7.99. The SMILES string of the molecule is Cc1cc(SCC(=O)Nc2ccccc2C(=O)NC(C)C)nc2ccccc12. The van der Waals surface area contributed by atoms with Gasteiger partial charge in [0.15, 0.2) is 0 Å². The summed E-state index contributed by atoms with van der Waals surface area (Å²) < 4.78 is 0. The van der Waals surface area contributed by atoms with E-state index in [2.05, 4.69) is 15.6 Å². The Labute approximate surface area is 168 Å². The molecule has 0 saturated heterocycles. The normalized spacial score (nSPS) is 10.9. The Morgan fingerprint density at radius 1 is 1.07 bits per heavy atom. The van der Waals surface area contributed by atoms with Crippen LogP contribution in [0, 0.1) is 6.92 Å². The van der Waals surface area contributed by atoms with E-state index in [0.29, 0.717) is 11.3 Å². The first-order chi connectivity index (χ1) is 13.4. The number of carbonyl (C=O) groups excluding carboxylic acids is 2. The fraction of sp³-hybridized carbons (Fsp3) is 0.227. The molecule has 2 amide bonds. The second-order valence-corrected chi connectivity index (χ2v) is 7.80. The van der Waals surface area contributed by atoms with Crippen molar-refractivity contribution in [2.75, 3.05) is 11.1 Å². The molecular formula is C22H23N3O2S. The lowest BCUT2D eigenvalue weighted by molar-refractivity contribution is -0.113. The van der Waals surface area contributed by atoms with E-state index in [9.17, 15) is 9.59 Å². The maximum absolute atomic E-state index is 12.4. The van der Waals surface area contributed by atoms with E-state index in [-0.39, 0.29) is 23.6 Å². The molecule has 2 N–H and O–H groups in total. The predicted molar refractivity (Wildman–Crippen MR) is 115 cm³/mol. The Hall–Kier alpha value is -2.86. The molecule has 0 radical (unpaired) electrons. The van der Waals surface area contributed by atoms with Gasteiger partial charge < -0.3 is 10.6 Å². The standard InChI is InChI=1S/C22H23N3O2S/c1-14(2)23-22(27)17-9-5-7-11-19(17)24-20(26)13-28-21-12-15(3)16-8-4-6-10-18(16)25-21/h4-12,14H,13H2,1-3H3,(H,23,27)(H,24,26). The first-order valence-electron chi connectivity index (χ1n) is 9.13. The van der Waals surface area contributed by atoms with Crippen LogP contribution in [0.4, 0.5) is 5.69 Å². The topological polar surface area (TPSA) is 71.1 Å². The summed E-state index contributed by atoms with van der Waals surface area (Å²) >= 11 is 1.38. The summed E-state index contributed by atoms with van der Waals surface area (Å²) in [6.07, 6.45) is 0. The van der Waals surface area contributed by atoms with Crippen LogP contribution in [0.5, 0.6) is 0 Å². The van der Waals surface area contributed by atoms with Gasteiger partial charge in [0.1, 0.15) is 0 Å². The van der Waals surface area contributed by atoms with E-state index in [1.807, 2.05) is 51.1 Å². The molecule has 0 atom stereocenters. The molecule has 1 aromatic heterocycles. The average Bonchev–Trinajstić information content (AvgIpc) is 2.66. The molecule has 28 heavy (non-hydrogen) atoms. The van der Waals surface area contributed by atoms with Crippen molar-refractivity contribution in [1.82, 2.24) is 10.3 Å². The van der Waals surface area contributed by atoms with Crippen molar-refractivity contribution in [2.45, 2.75) is 31.8 Å². The molecule has 3 rings (SSSR count). The first-order valence-corrected chi connectivity index (χ1v) is 10.1. The predicted octanol–water partition coefficient (Wildman–Crippen LogP) is 4.41. The van der Waals surface area contributed by atoms with E-state index < -0.39 is 0 Å². The fourth-order valence-electron chi connectivity index (χ4n) is 2.85. The number of para-hydroxylation sites is 2. The maximum atomic E-state index is 12.4. The van der Waals surface area contributed by atoms with Crippen LogP contribution >= 0.6 is 11.8 Å². The van der Waals surface area contributed by atoms with Crippen LogP contribution < -0.4 is 10.6 Å². The average molecular weight is 394 g/mol. The molecule has 0 aliphatic heterocycles. The van der Waals surface area contributed by atoms with Crippen LogP contribution in [-0.2, 0) is 4.79 Å². The first kappa shape index (κ1) is 19.9. The van der Waals surface area contributed by atoms with Gasteiger partial charge in [0.2, 0.25) is 5.91 Å². The van der Waals surface area contributed by atoms with E-state index >= 15 is 0 Å². The Morgan fingerprint density at radius 3 is 2.57 bits per heavy atom. The largest absolute Gasteiger partial charge is 0.350 e. The van der Waals surface area contributed by atoms with Gasteiger partial charge in [-0.2, -0.15) is 0 Å². The zero-order valence-electron chi connectivity index (χ0n) is 16.2. The zero-order valence-corrected chi connectivity index (χ0v) is 17.0. The van der Waals surface area contributed by atoms with Crippen LogP contribution in [-0.4, -0.2) is 28.6 Å². The van der Waals surface area contributed by atoms with Crippen molar-refractivity contribution in [2.24, 2.45) is 0 Å². The summed E-state index contributed by atoms with van der Waals surface area (Å²) in [5.74, 6) is -0.168. The molecular weight excluding hydrogens is 370 g/mol. The van der Waals surface area contributed by atoms with Gasteiger partial charge in [-0.3, -0.25) is 9.59 Å². The number of amides is 2. The highest BCUT2D eigenvalue weighted by Gasteiger charge is 2.14. The number of thioether (sulfide) groups is 1. The molecule has 0 aliphatic rings. The number of anilines is 1. The van der Waals surface area contributed by atoms with Gasteiger partial charge in [0.05, 0.1) is 27.5 Å². The van der Waals surface area contributed by atoms with Crippen molar-refractivity contribution in [1.29, 1.82) is 0 Å². The minimum Gasteiger partial charge on any atom is -0.350 e. The number of fused-ring (bicyclic) bond motifs is 1. The summed E-state index contributed by atoms with van der Waals surface area (Å²) in [5.41, 5.74) is 3.01. The number of aromatic nitrogens is 1. The van der Waals surface area contributed by atoms with Gasteiger partial charge >= 0.3 is 0 Å². The molecule has 0 aliphatic carbocycles. The molecule has 0 bridgehead atoms. The van der Waals surface area contributed by atoms with E-state index in [4.69, 9.17) is 0 Å². The maximum Gasteiger partial charge on any atom is 0.253 e. The number of nitrogens with one attached hydrogen (secondary N) is 2. The molecule has 6 heteroatoms. The monoisotopic (exact) mass is 393 g/mol. The van der Waals surface area contributed by atoms with Crippen molar-refractivity contribution in [3.63, 3.8) is 0 Å². The summed E-state index contributed by atoms with van der Waals surface area (Å²) in [5, 5.41) is 7.60. The molecule has 144 valence electrons. The van der Waals surface area contributed by atoms with E-state index in [0.717, 1.165) is 21.5 Å². The Kier molecular flexibility index (Phi) is 6.31. The number of hydrogen-bond donors (Lipinski definition) is 2. The number of nitrogens with zero attached hydrogens (tertiary/aromatic N) is 1. The van der Waals surface area contributed by atoms with Crippen molar-refractivity contribution in [3.8, 4) is 0 Å². The van der Waals surface area contributed by atoms with Crippen LogP contribution in [0.1, 0.15) is 29.8 Å². The minimum atomic E-state index is -0.203. The second-order valence-electron chi connectivity index (χ2n) is 6.81. The van der Waals surface area contributed by atoms with Crippen molar-refractivity contribution >= 4 is 40.2 Å². The van der Waals surface area contributed by atoms with Gasteiger partial charge in [-0.1, -0.05) is 42.1 Å². The van der Waals surface area contributed by atoms with Crippen LogP contribution in [0.15, 0.2) is 59.6 Å². The number of rotatable bonds is 6. The minimum absolute atomic E-state index is 0.0223. The zero-order chi connectivity index (χ0) is 20.1. The molecule has 0 saturated carbocycles.